The van der Waals surface area contributed by atoms with E-state index in [0.29, 0.717) is 23.7 Å². The van der Waals surface area contributed by atoms with Crippen molar-refractivity contribution >= 4 is 17.8 Å². The van der Waals surface area contributed by atoms with Gasteiger partial charge in [-0.2, -0.15) is 4.98 Å². The van der Waals surface area contributed by atoms with Gasteiger partial charge in [-0.05, 0) is 67.6 Å². The van der Waals surface area contributed by atoms with E-state index in [1.807, 2.05) is 0 Å². The van der Waals surface area contributed by atoms with E-state index in [0.717, 1.165) is 0 Å². The number of pyridine rings is 1. The number of rotatable bonds is 10. The molecule has 0 aliphatic carbocycles. The van der Waals surface area contributed by atoms with Crippen LogP contribution in [0.1, 0.15) is 13.3 Å². The predicted molar refractivity (Wildman–Crippen MR) is 136 cm³/mol. The third kappa shape index (κ3) is 5.49. The number of hydrogen-bond donors (Lipinski definition) is 2. The van der Waals surface area contributed by atoms with E-state index in [4.69, 9.17) is 18.7 Å². The van der Waals surface area contributed by atoms with Crippen molar-refractivity contribution in [2.24, 2.45) is 0 Å². The van der Waals surface area contributed by atoms with Gasteiger partial charge in [-0.1, -0.05) is 5.16 Å². The molecule has 0 radical (unpaired) electrons. The standard InChI is InChI=1S/C27H22FN5O7/c1-2-37-15-13-27(24(34)31-26(36)32-25(27)35)39-19-11-9-18(10-12-19)38-17-7-5-16(6-8-17)23-30-22(33-40-23)21-20(28)4-3-14-29-21/h3-12,14H,2,13,15H2,1H3,(H2,31,32,34,35,36). The van der Waals surface area contributed by atoms with Crippen LogP contribution < -0.4 is 20.1 Å². The van der Waals surface area contributed by atoms with Crippen LogP contribution in [0.5, 0.6) is 17.2 Å². The largest absolute Gasteiger partial charge is 0.467 e. The molecule has 1 fully saturated rings. The van der Waals surface area contributed by atoms with Gasteiger partial charge < -0.3 is 18.7 Å². The van der Waals surface area contributed by atoms with Crippen molar-refractivity contribution in [2.75, 3.05) is 13.2 Å². The van der Waals surface area contributed by atoms with Gasteiger partial charge in [0.1, 0.15) is 22.9 Å². The molecular weight excluding hydrogens is 525 g/mol. The number of halogens is 1. The quantitative estimate of drug-likeness (QED) is 0.222. The summed E-state index contributed by atoms with van der Waals surface area (Å²) >= 11 is 0. The van der Waals surface area contributed by atoms with E-state index in [-0.39, 0.29) is 36.2 Å². The fourth-order valence-corrected chi connectivity index (χ4v) is 3.84. The molecule has 4 amide bonds. The van der Waals surface area contributed by atoms with Crippen LogP contribution in [0.3, 0.4) is 0 Å². The number of carbonyl (C=O) groups is 3. The van der Waals surface area contributed by atoms with Crippen LogP contribution in [-0.4, -0.2) is 51.8 Å². The van der Waals surface area contributed by atoms with Gasteiger partial charge in [-0.15, -0.1) is 0 Å². The first-order valence-corrected chi connectivity index (χ1v) is 12.1. The van der Waals surface area contributed by atoms with Crippen molar-refractivity contribution in [1.29, 1.82) is 0 Å². The van der Waals surface area contributed by atoms with Gasteiger partial charge in [0, 0.05) is 24.8 Å². The van der Waals surface area contributed by atoms with E-state index in [1.54, 1.807) is 43.3 Å². The zero-order valence-electron chi connectivity index (χ0n) is 21.0. The van der Waals surface area contributed by atoms with Crippen LogP contribution >= 0.6 is 0 Å². The first kappa shape index (κ1) is 26.4. The Hall–Kier alpha value is -5.17. The maximum atomic E-state index is 14.0. The molecule has 0 spiro atoms. The zero-order chi connectivity index (χ0) is 28.1. The number of carbonyl (C=O) groups excluding carboxylic acids is 3. The highest BCUT2D eigenvalue weighted by Gasteiger charge is 2.52. The van der Waals surface area contributed by atoms with E-state index in [2.05, 4.69) is 25.8 Å². The van der Waals surface area contributed by atoms with Crippen LogP contribution in [0.25, 0.3) is 23.0 Å². The molecule has 1 saturated heterocycles. The predicted octanol–water partition coefficient (Wildman–Crippen LogP) is 3.64. The van der Waals surface area contributed by atoms with Crippen molar-refractivity contribution in [1.82, 2.24) is 25.8 Å². The molecule has 12 nitrogen and oxygen atoms in total. The highest BCUT2D eigenvalue weighted by Crippen LogP contribution is 2.30. The van der Waals surface area contributed by atoms with Gasteiger partial charge in [0.25, 0.3) is 23.3 Å². The molecule has 0 atom stereocenters. The average molecular weight is 547 g/mol. The molecule has 1 aliphatic rings. The van der Waals surface area contributed by atoms with Crippen LogP contribution in [0.15, 0.2) is 71.4 Å². The summed E-state index contributed by atoms with van der Waals surface area (Å²) in [5.74, 6) is -0.951. The summed E-state index contributed by atoms with van der Waals surface area (Å²) in [5, 5.41) is 7.94. The highest BCUT2D eigenvalue weighted by atomic mass is 19.1. The molecule has 1 aliphatic heterocycles. The second kappa shape index (κ2) is 11.3. The number of imide groups is 2. The summed E-state index contributed by atoms with van der Waals surface area (Å²) in [6, 6.07) is 14.8. The smallest absolute Gasteiger partial charge is 0.328 e. The fourth-order valence-electron chi connectivity index (χ4n) is 3.84. The number of amides is 4. The topological polar surface area (TPSA) is 155 Å². The molecule has 2 N–H and O–H groups in total. The number of barbiturate groups is 1. The van der Waals surface area contributed by atoms with Gasteiger partial charge >= 0.3 is 6.03 Å². The maximum Gasteiger partial charge on any atom is 0.328 e. The Morgan fingerprint density at radius 1 is 0.925 bits per heavy atom. The minimum absolute atomic E-state index is 0.0108. The third-order valence-corrected chi connectivity index (χ3v) is 5.84. The van der Waals surface area contributed by atoms with Crippen molar-refractivity contribution < 1.29 is 37.5 Å². The molecule has 0 bridgehead atoms. The number of nitrogens with one attached hydrogen (secondary N) is 2. The third-order valence-electron chi connectivity index (χ3n) is 5.84. The summed E-state index contributed by atoms with van der Waals surface area (Å²) in [6.07, 6.45) is 1.33. The van der Waals surface area contributed by atoms with Crippen molar-refractivity contribution in [3.05, 3.63) is 72.7 Å². The molecule has 5 rings (SSSR count). The zero-order valence-corrected chi connectivity index (χ0v) is 21.0. The molecule has 0 saturated carbocycles. The first-order chi connectivity index (χ1) is 19.4. The Morgan fingerprint density at radius 3 is 2.23 bits per heavy atom. The Morgan fingerprint density at radius 2 is 1.57 bits per heavy atom. The van der Waals surface area contributed by atoms with Crippen LogP contribution in [0.4, 0.5) is 9.18 Å². The normalized spacial score (nSPS) is 14.4. The van der Waals surface area contributed by atoms with Gasteiger partial charge in [0.15, 0.2) is 5.82 Å². The van der Waals surface area contributed by atoms with Crippen molar-refractivity contribution in [3.63, 3.8) is 0 Å². The molecule has 2 aromatic carbocycles. The Kier molecular flexibility index (Phi) is 7.46. The summed E-state index contributed by atoms with van der Waals surface area (Å²) in [6.45, 7) is 2.22. The fraction of sp³-hybridized carbons (Fsp3) is 0.185. The molecule has 2 aromatic heterocycles. The molecule has 0 unspecified atom stereocenters. The Bertz CT molecular complexity index is 1520. The molecule has 4 aromatic rings. The monoisotopic (exact) mass is 547 g/mol. The molecule has 13 heteroatoms. The Labute approximate surface area is 226 Å². The molecule has 204 valence electrons. The van der Waals surface area contributed by atoms with E-state index in [1.165, 1.54) is 30.5 Å². The van der Waals surface area contributed by atoms with E-state index >= 15 is 0 Å². The lowest BCUT2D eigenvalue weighted by Gasteiger charge is -2.34. The second-order valence-electron chi connectivity index (χ2n) is 8.47. The number of hydrogen-bond acceptors (Lipinski definition) is 10. The Balaban J connectivity index is 1.26. The minimum Gasteiger partial charge on any atom is -0.467 e. The van der Waals surface area contributed by atoms with Crippen LogP contribution in [0.2, 0.25) is 0 Å². The van der Waals surface area contributed by atoms with Crippen molar-refractivity contribution in [2.45, 2.75) is 18.9 Å². The second-order valence-corrected chi connectivity index (χ2v) is 8.47. The lowest BCUT2D eigenvalue weighted by molar-refractivity contribution is -0.153. The number of urea groups is 1. The summed E-state index contributed by atoms with van der Waals surface area (Å²) in [5.41, 5.74) is -1.40. The minimum atomic E-state index is -1.97. The molecule has 40 heavy (non-hydrogen) atoms. The lowest BCUT2D eigenvalue weighted by Crippen LogP contribution is -2.69. The van der Waals surface area contributed by atoms with Gasteiger partial charge in [-0.3, -0.25) is 20.2 Å². The van der Waals surface area contributed by atoms with Gasteiger partial charge in [0.2, 0.25) is 5.82 Å². The average Bonchev–Trinajstić information content (AvgIpc) is 3.43. The number of ether oxygens (including phenoxy) is 3. The summed E-state index contributed by atoms with van der Waals surface area (Å²) < 4.78 is 36.2. The highest BCUT2D eigenvalue weighted by molar-refractivity contribution is 6.21. The number of benzene rings is 2. The van der Waals surface area contributed by atoms with Gasteiger partial charge in [0.05, 0.1) is 6.61 Å². The summed E-state index contributed by atoms with van der Waals surface area (Å²) in [7, 11) is 0. The molecule has 3 heterocycles. The summed E-state index contributed by atoms with van der Waals surface area (Å²) in [4.78, 5) is 45.0. The molecular formula is C27H22FN5O7. The van der Waals surface area contributed by atoms with Crippen LogP contribution in [-0.2, 0) is 14.3 Å². The van der Waals surface area contributed by atoms with Crippen molar-refractivity contribution in [3.8, 4) is 40.2 Å². The lowest BCUT2D eigenvalue weighted by atomic mass is 9.95. The number of nitrogens with zero attached hydrogens (tertiary/aromatic N) is 3. The van der Waals surface area contributed by atoms with Gasteiger partial charge in [-0.25, -0.2) is 14.2 Å². The number of aromatic nitrogens is 3. The van der Waals surface area contributed by atoms with E-state index < -0.39 is 29.3 Å². The first-order valence-electron chi connectivity index (χ1n) is 12.1. The van der Waals surface area contributed by atoms with E-state index in [9.17, 15) is 18.8 Å². The van der Waals surface area contributed by atoms with Crippen LogP contribution in [0, 0.1) is 5.82 Å². The maximum absolute atomic E-state index is 14.0. The SMILES string of the molecule is CCOCCC1(Oc2ccc(Oc3ccc(-c4nc(-c5ncccc5F)no4)cc3)cc2)C(=O)NC(=O)NC1=O.